The van der Waals surface area contributed by atoms with Crippen LogP contribution in [0.1, 0.15) is 12.8 Å². The van der Waals surface area contributed by atoms with Crippen molar-refractivity contribution in [3.05, 3.63) is 28.9 Å². The van der Waals surface area contributed by atoms with Gasteiger partial charge < -0.3 is 15.5 Å². The van der Waals surface area contributed by atoms with Crippen molar-refractivity contribution in [2.75, 3.05) is 37.8 Å². The third kappa shape index (κ3) is 2.85. The second-order valence-corrected chi connectivity index (χ2v) is 6.89. The summed E-state index contributed by atoms with van der Waals surface area (Å²) < 4.78 is 0.963. The Balaban J connectivity index is 2.06. The molecule has 5 heteroatoms. The zero-order valence-corrected chi connectivity index (χ0v) is 14.1. The monoisotopic (exact) mass is 348 g/mol. The lowest BCUT2D eigenvalue weighted by Crippen LogP contribution is -2.37. The number of likely N-dealkylation sites (N-methyl/N-ethyl adjacent to an activating group) is 1. The predicted octanol–water partition coefficient (Wildman–Crippen LogP) is 3.11. The number of nitrogens with zero attached hydrogens (tertiary/aromatic N) is 3. The van der Waals surface area contributed by atoms with E-state index in [4.69, 9.17) is 5.73 Å². The molecule has 3 rings (SSSR count). The second kappa shape index (κ2) is 5.81. The highest BCUT2D eigenvalue weighted by Gasteiger charge is 2.27. The zero-order valence-electron chi connectivity index (χ0n) is 12.5. The van der Waals surface area contributed by atoms with Gasteiger partial charge in [0, 0.05) is 40.9 Å². The average molecular weight is 349 g/mol. The molecule has 4 nitrogen and oxygen atoms in total. The van der Waals surface area contributed by atoms with Crippen LogP contribution in [0.15, 0.2) is 28.9 Å². The summed E-state index contributed by atoms with van der Waals surface area (Å²) in [7, 11) is 4.26. The third-order valence-electron chi connectivity index (χ3n) is 4.09. The Morgan fingerprint density at radius 3 is 3.00 bits per heavy atom. The van der Waals surface area contributed by atoms with Crippen molar-refractivity contribution in [1.82, 2.24) is 9.88 Å². The predicted molar refractivity (Wildman–Crippen MR) is 92.8 cm³/mol. The van der Waals surface area contributed by atoms with Crippen LogP contribution in [0.3, 0.4) is 0 Å². The molecule has 0 aliphatic carbocycles. The minimum atomic E-state index is 0.553. The molecule has 0 saturated carbocycles. The van der Waals surface area contributed by atoms with Gasteiger partial charge in [0.2, 0.25) is 0 Å². The van der Waals surface area contributed by atoms with Crippen LogP contribution in [-0.4, -0.2) is 43.1 Å². The van der Waals surface area contributed by atoms with Crippen molar-refractivity contribution in [2.24, 2.45) is 0 Å². The van der Waals surface area contributed by atoms with Crippen molar-refractivity contribution in [3.8, 4) is 0 Å². The number of pyridine rings is 1. The van der Waals surface area contributed by atoms with Gasteiger partial charge in [-0.1, -0.05) is 0 Å². The Bertz CT molecular complexity index is 656. The summed E-state index contributed by atoms with van der Waals surface area (Å²) in [6.07, 6.45) is 4.32. The SMILES string of the molecule is CN(C)CC1CCCN1c1ccc(N)c2cc(Br)cnc12. The summed E-state index contributed by atoms with van der Waals surface area (Å²) >= 11 is 3.48. The maximum absolute atomic E-state index is 6.12. The fourth-order valence-corrected chi connectivity index (χ4v) is 3.53. The number of fused-ring (bicyclic) bond motifs is 1. The van der Waals surface area contributed by atoms with E-state index in [0.717, 1.165) is 34.2 Å². The largest absolute Gasteiger partial charge is 0.398 e. The average Bonchev–Trinajstić information content (AvgIpc) is 2.87. The van der Waals surface area contributed by atoms with Crippen LogP contribution in [0.4, 0.5) is 11.4 Å². The first-order valence-electron chi connectivity index (χ1n) is 7.31. The summed E-state index contributed by atoms with van der Waals surface area (Å²) in [6, 6.07) is 6.72. The molecule has 1 fully saturated rings. The van der Waals surface area contributed by atoms with Crippen LogP contribution >= 0.6 is 15.9 Å². The number of hydrogen-bond acceptors (Lipinski definition) is 4. The summed E-state index contributed by atoms with van der Waals surface area (Å²) in [5.74, 6) is 0. The van der Waals surface area contributed by atoms with Gasteiger partial charge in [0.1, 0.15) is 0 Å². The van der Waals surface area contributed by atoms with E-state index in [2.05, 4.69) is 56.9 Å². The lowest BCUT2D eigenvalue weighted by Gasteiger charge is -2.29. The van der Waals surface area contributed by atoms with Gasteiger partial charge in [-0.05, 0) is 61.1 Å². The van der Waals surface area contributed by atoms with E-state index in [1.807, 2.05) is 12.3 Å². The van der Waals surface area contributed by atoms with Gasteiger partial charge in [-0.3, -0.25) is 4.98 Å². The number of hydrogen-bond donors (Lipinski definition) is 1. The van der Waals surface area contributed by atoms with Crippen molar-refractivity contribution < 1.29 is 0 Å². The molecule has 2 heterocycles. The highest BCUT2D eigenvalue weighted by Crippen LogP contribution is 2.34. The minimum Gasteiger partial charge on any atom is -0.398 e. The van der Waals surface area contributed by atoms with Crippen LogP contribution in [-0.2, 0) is 0 Å². The van der Waals surface area contributed by atoms with Crippen LogP contribution in [0, 0.1) is 0 Å². The van der Waals surface area contributed by atoms with Crippen molar-refractivity contribution in [3.63, 3.8) is 0 Å². The third-order valence-corrected chi connectivity index (χ3v) is 4.52. The minimum absolute atomic E-state index is 0.553. The zero-order chi connectivity index (χ0) is 15.0. The Morgan fingerprint density at radius 1 is 1.43 bits per heavy atom. The lowest BCUT2D eigenvalue weighted by molar-refractivity contribution is 0.372. The molecule has 1 saturated heterocycles. The molecule has 0 bridgehead atoms. The number of benzene rings is 1. The molecule has 2 aromatic rings. The number of halogens is 1. The van der Waals surface area contributed by atoms with Crippen molar-refractivity contribution in [2.45, 2.75) is 18.9 Å². The number of anilines is 2. The highest BCUT2D eigenvalue weighted by molar-refractivity contribution is 9.10. The van der Waals surface area contributed by atoms with Gasteiger partial charge >= 0.3 is 0 Å². The van der Waals surface area contributed by atoms with E-state index in [1.54, 1.807) is 0 Å². The first-order valence-corrected chi connectivity index (χ1v) is 8.10. The number of rotatable bonds is 3. The molecule has 112 valence electrons. The fraction of sp³-hybridized carbons (Fsp3) is 0.438. The highest BCUT2D eigenvalue weighted by atomic mass is 79.9. The van der Waals surface area contributed by atoms with Crippen molar-refractivity contribution >= 4 is 38.2 Å². The molecule has 2 N–H and O–H groups in total. The van der Waals surface area contributed by atoms with Crippen LogP contribution < -0.4 is 10.6 Å². The molecule has 1 unspecified atom stereocenters. The summed E-state index contributed by atoms with van der Waals surface area (Å²) in [4.78, 5) is 9.36. The summed E-state index contributed by atoms with van der Waals surface area (Å²) in [5.41, 5.74) is 9.11. The maximum Gasteiger partial charge on any atom is 0.0956 e. The lowest BCUT2D eigenvalue weighted by atomic mass is 10.1. The van der Waals surface area contributed by atoms with Crippen LogP contribution in [0.2, 0.25) is 0 Å². The number of nitrogen functional groups attached to an aromatic ring is 1. The molecule has 1 aliphatic heterocycles. The Hall–Kier alpha value is -1.33. The first-order chi connectivity index (χ1) is 10.1. The summed E-state index contributed by atoms with van der Waals surface area (Å²) in [6.45, 7) is 2.16. The maximum atomic E-state index is 6.12. The van der Waals surface area contributed by atoms with Gasteiger partial charge in [-0.25, -0.2) is 0 Å². The van der Waals surface area contributed by atoms with E-state index in [-0.39, 0.29) is 0 Å². The Morgan fingerprint density at radius 2 is 2.24 bits per heavy atom. The van der Waals surface area contributed by atoms with Gasteiger partial charge in [-0.15, -0.1) is 0 Å². The molecule has 1 aliphatic rings. The van der Waals surface area contributed by atoms with E-state index < -0.39 is 0 Å². The normalized spacial score (nSPS) is 18.9. The molecular weight excluding hydrogens is 328 g/mol. The topological polar surface area (TPSA) is 45.4 Å². The fourth-order valence-electron chi connectivity index (χ4n) is 3.20. The molecule has 21 heavy (non-hydrogen) atoms. The van der Waals surface area contributed by atoms with E-state index in [9.17, 15) is 0 Å². The molecule has 0 amide bonds. The first kappa shape index (κ1) is 14.6. The van der Waals surface area contributed by atoms with E-state index in [1.165, 1.54) is 18.5 Å². The van der Waals surface area contributed by atoms with Gasteiger partial charge in [0.25, 0.3) is 0 Å². The van der Waals surface area contributed by atoms with Gasteiger partial charge in [0.05, 0.1) is 11.2 Å². The van der Waals surface area contributed by atoms with Crippen LogP contribution in [0.5, 0.6) is 0 Å². The Labute approximate surface area is 134 Å². The van der Waals surface area contributed by atoms with Crippen LogP contribution in [0.25, 0.3) is 10.9 Å². The summed E-state index contributed by atoms with van der Waals surface area (Å²) in [5, 5.41) is 1.03. The van der Waals surface area contributed by atoms with Gasteiger partial charge in [0.15, 0.2) is 0 Å². The van der Waals surface area contributed by atoms with E-state index in [0.29, 0.717) is 6.04 Å². The molecule has 1 atom stereocenters. The Kier molecular flexibility index (Phi) is 4.04. The standard InChI is InChI=1S/C16H21BrN4/c1-20(2)10-12-4-3-7-21(12)15-6-5-14(18)13-8-11(17)9-19-16(13)15/h5-6,8-9,12H,3-4,7,10,18H2,1-2H3. The molecule has 0 spiro atoms. The smallest absolute Gasteiger partial charge is 0.0956 e. The number of aromatic nitrogens is 1. The molecular formula is C16H21BrN4. The molecule has 1 aromatic heterocycles. The molecule has 1 aromatic carbocycles. The molecule has 0 radical (unpaired) electrons. The second-order valence-electron chi connectivity index (χ2n) is 5.98. The van der Waals surface area contributed by atoms with Gasteiger partial charge in [-0.2, -0.15) is 0 Å². The van der Waals surface area contributed by atoms with E-state index >= 15 is 0 Å². The number of nitrogens with two attached hydrogens (primary N) is 1. The van der Waals surface area contributed by atoms with Crippen molar-refractivity contribution in [1.29, 1.82) is 0 Å². The quantitative estimate of drug-likeness (QED) is 0.865.